The molecule has 1 aromatic heterocycles. The molecular weight excluding hydrogens is 755 g/mol. The molecule has 13 heteroatoms. The van der Waals surface area contributed by atoms with Crippen LogP contribution in [0.5, 0.6) is 5.75 Å². The SMILES string of the molecule is COc1cc(-c2cn(C)c(=O)c3c2C=NC3)cc(Cl)c1CN1CCc2c(CC3CCN(c4ccc(NC5CCC(=O)CC5=O)cc4C(F)(F)F)CC3)cccc2C1. The van der Waals surface area contributed by atoms with Gasteiger partial charge >= 0.3 is 6.18 Å². The van der Waals surface area contributed by atoms with Crippen LogP contribution >= 0.6 is 11.6 Å². The Balaban J connectivity index is 0.917. The van der Waals surface area contributed by atoms with E-state index in [1.807, 2.05) is 23.2 Å². The van der Waals surface area contributed by atoms with Gasteiger partial charge in [0.1, 0.15) is 11.5 Å². The molecule has 1 saturated heterocycles. The number of halogens is 4. The molecule has 3 aliphatic heterocycles. The molecule has 57 heavy (non-hydrogen) atoms. The van der Waals surface area contributed by atoms with E-state index in [0.717, 1.165) is 67.1 Å². The summed E-state index contributed by atoms with van der Waals surface area (Å²) in [5.41, 5.74) is 7.71. The molecule has 1 unspecified atom stereocenters. The third-order valence-electron chi connectivity index (χ3n) is 12.1. The van der Waals surface area contributed by atoms with E-state index in [1.165, 1.54) is 22.8 Å². The van der Waals surface area contributed by atoms with Gasteiger partial charge in [-0.25, -0.2) is 0 Å². The minimum absolute atomic E-state index is 0.0495. The summed E-state index contributed by atoms with van der Waals surface area (Å²) in [6, 6.07) is 14.0. The highest BCUT2D eigenvalue weighted by atomic mass is 35.5. The lowest BCUT2D eigenvalue weighted by atomic mass is 9.85. The summed E-state index contributed by atoms with van der Waals surface area (Å²) in [7, 11) is 3.39. The fourth-order valence-corrected chi connectivity index (χ4v) is 9.28. The Morgan fingerprint density at radius 3 is 2.54 bits per heavy atom. The molecule has 1 atom stereocenters. The number of hydrogen-bond acceptors (Lipinski definition) is 8. The fraction of sp³-hybridized carbons (Fsp3) is 0.409. The topological polar surface area (TPSA) is 96.2 Å². The van der Waals surface area contributed by atoms with Gasteiger partial charge in [-0.05, 0) is 90.6 Å². The highest BCUT2D eigenvalue weighted by Gasteiger charge is 2.37. The molecular formula is C44H45ClF3N5O4. The third-order valence-corrected chi connectivity index (χ3v) is 12.4. The molecule has 2 fully saturated rings. The maximum Gasteiger partial charge on any atom is 0.418 e. The number of fused-ring (bicyclic) bond motifs is 2. The zero-order valence-corrected chi connectivity index (χ0v) is 32.8. The van der Waals surface area contributed by atoms with Crippen molar-refractivity contribution in [3.8, 4) is 16.9 Å². The predicted molar refractivity (Wildman–Crippen MR) is 216 cm³/mol. The molecule has 9 nitrogen and oxygen atoms in total. The summed E-state index contributed by atoms with van der Waals surface area (Å²) in [6.45, 7) is 3.61. The molecule has 1 aliphatic carbocycles. The maximum absolute atomic E-state index is 14.4. The average Bonchev–Trinajstić information content (AvgIpc) is 3.69. The Bertz CT molecular complexity index is 2330. The van der Waals surface area contributed by atoms with E-state index in [1.54, 1.807) is 31.0 Å². The molecule has 4 aromatic rings. The Hall–Kier alpha value is -4.94. The number of carbonyl (C=O) groups is 2. The number of nitrogens with one attached hydrogen (secondary N) is 1. The van der Waals surface area contributed by atoms with Crippen LogP contribution in [0.3, 0.4) is 0 Å². The van der Waals surface area contributed by atoms with Crippen molar-refractivity contribution < 1.29 is 27.5 Å². The summed E-state index contributed by atoms with van der Waals surface area (Å²) in [5, 5.41) is 3.54. The zero-order valence-electron chi connectivity index (χ0n) is 32.1. The van der Waals surface area contributed by atoms with Crippen LogP contribution < -0.4 is 20.5 Å². The lowest BCUT2D eigenvalue weighted by Gasteiger charge is -2.36. The normalized spacial score (nSPS) is 18.8. The van der Waals surface area contributed by atoms with E-state index < -0.39 is 17.8 Å². The molecule has 3 aromatic carbocycles. The number of hydrogen-bond donors (Lipinski definition) is 1. The molecule has 0 spiro atoms. The van der Waals surface area contributed by atoms with Gasteiger partial charge in [-0.3, -0.25) is 24.3 Å². The number of ether oxygens (including phenoxy) is 1. The first kappa shape index (κ1) is 38.9. The van der Waals surface area contributed by atoms with E-state index in [4.69, 9.17) is 16.3 Å². The van der Waals surface area contributed by atoms with Crippen molar-refractivity contribution >= 4 is 40.8 Å². The van der Waals surface area contributed by atoms with Gasteiger partial charge in [0.2, 0.25) is 0 Å². The third kappa shape index (κ3) is 7.98. The Labute approximate surface area is 334 Å². The Morgan fingerprint density at radius 1 is 0.982 bits per heavy atom. The van der Waals surface area contributed by atoms with Crippen molar-refractivity contribution in [2.75, 3.05) is 37.0 Å². The van der Waals surface area contributed by atoms with Gasteiger partial charge in [-0.2, -0.15) is 13.2 Å². The van der Waals surface area contributed by atoms with Crippen molar-refractivity contribution in [3.63, 3.8) is 0 Å². The van der Waals surface area contributed by atoms with Crippen LogP contribution in [0.2, 0.25) is 5.02 Å². The first-order valence-corrected chi connectivity index (χ1v) is 19.9. The quantitative estimate of drug-likeness (QED) is 0.173. The number of Topliss-reactive ketones (excluding diaryl/α,β-unsaturated/α-hetero) is 2. The van der Waals surface area contributed by atoms with Crippen LogP contribution in [-0.2, 0) is 55.3 Å². The van der Waals surface area contributed by atoms with Crippen molar-refractivity contribution in [3.05, 3.63) is 109 Å². The molecule has 1 saturated carbocycles. The molecule has 0 bridgehead atoms. The van der Waals surface area contributed by atoms with Gasteiger partial charge in [0.05, 0.1) is 31.7 Å². The van der Waals surface area contributed by atoms with E-state index in [-0.39, 0.29) is 47.8 Å². The summed E-state index contributed by atoms with van der Waals surface area (Å²) in [6.07, 6.45) is 2.68. The van der Waals surface area contributed by atoms with E-state index in [2.05, 4.69) is 33.4 Å². The first-order valence-electron chi connectivity index (χ1n) is 19.5. The number of ketones is 2. The summed E-state index contributed by atoms with van der Waals surface area (Å²) < 4.78 is 50.6. The van der Waals surface area contributed by atoms with Crippen LogP contribution in [0.1, 0.15) is 71.0 Å². The minimum Gasteiger partial charge on any atom is -0.496 e. The van der Waals surface area contributed by atoms with E-state index >= 15 is 0 Å². The number of aromatic nitrogens is 1. The monoisotopic (exact) mass is 799 g/mol. The van der Waals surface area contributed by atoms with Crippen LogP contribution in [0, 0.1) is 5.92 Å². The lowest BCUT2D eigenvalue weighted by molar-refractivity contribution is -0.137. The average molecular weight is 800 g/mol. The van der Waals surface area contributed by atoms with Gasteiger partial charge < -0.3 is 19.5 Å². The number of pyridine rings is 1. The number of alkyl halides is 3. The smallest absolute Gasteiger partial charge is 0.418 e. The van der Waals surface area contributed by atoms with Crippen LogP contribution in [0.25, 0.3) is 11.1 Å². The predicted octanol–water partition coefficient (Wildman–Crippen LogP) is 7.79. The molecule has 0 radical (unpaired) electrons. The molecule has 1 N–H and O–H groups in total. The number of nitrogens with zero attached hydrogens (tertiary/aromatic N) is 4. The highest BCUT2D eigenvalue weighted by molar-refractivity contribution is 6.32. The summed E-state index contributed by atoms with van der Waals surface area (Å²) in [4.78, 5) is 45.1. The molecule has 4 aliphatic rings. The lowest BCUT2D eigenvalue weighted by Crippen LogP contribution is -2.37. The van der Waals surface area contributed by atoms with Crippen molar-refractivity contribution in [1.82, 2.24) is 9.47 Å². The van der Waals surface area contributed by atoms with Crippen molar-refractivity contribution in [2.45, 2.75) is 76.8 Å². The van der Waals surface area contributed by atoms with Gasteiger partial charge in [0.25, 0.3) is 5.56 Å². The number of aliphatic imine (C=N–C) groups is 1. The van der Waals surface area contributed by atoms with Gasteiger partial charge in [0.15, 0.2) is 5.78 Å². The van der Waals surface area contributed by atoms with Gasteiger partial charge in [0, 0.05) is 97.3 Å². The van der Waals surface area contributed by atoms with E-state index in [0.29, 0.717) is 48.4 Å². The number of anilines is 2. The van der Waals surface area contributed by atoms with Crippen molar-refractivity contribution in [2.24, 2.45) is 18.0 Å². The standard InChI is InChI=1S/C44H45ClF3N5O4/c1-51-24-35(33-21-49-22-34(33)43(51)56)29-17-38(45)36(42(18-29)57-2)25-52-13-12-32-27(4-3-5-28(32)23-52)16-26-10-14-53(15-11-26)40-9-6-30(19-37(40)44(46,47)48)50-39-8-7-31(54)20-41(39)55/h3-6,9,17-19,21,24,26,39,50H,7-8,10-16,20,22-23,25H2,1-2H3. The second-order valence-corrected chi connectivity index (χ2v) is 16.2. The largest absolute Gasteiger partial charge is 0.496 e. The summed E-state index contributed by atoms with van der Waals surface area (Å²) in [5.74, 6) is 0.620. The number of piperidine rings is 1. The minimum atomic E-state index is -4.56. The number of methoxy groups -OCH3 is 1. The number of aryl methyl sites for hydroxylation is 1. The van der Waals surface area contributed by atoms with Crippen molar-refractivity contribution in [1.29, 1.82) is 0 Å². The second kappa shape index (κ2) is 15.8. The van der Waals surface area contributed by atoms with Gasteiger partial charge in [-0.1, -0.05) is 29.8 Å². The van der Waals surface area contributed by atoms with E-state index in [9.17, 15) is 27.6 Å². The number of carbonyl (C=O) groups excluding carboxylic acids is 2. The molecule has 0 amide bonds. The molecule has 4 heterocycles. The second-order valence-electron chi connectivity index (χ2n) is 15.8. The van der Waals surface area contributed by atoms with Crippen LogP contribution in [0.4, 0.5) is 24.5 Å². The molecule has 298 valence electrons. The Morgan fingerprint density at radius 2 is 1.79 bits per heavy atom. The van der Waals surface area contributed by atoms with Gasteiger partial charge in [-0.15, -0.1) is 0 Å². The van der Waals surface area contributed by atoms with Crippen LogP contribution in [0.15, 0.2) is 64.5 Å². The van der Waals surface area contributed by atoms with Crippen LogP contribution in [-0.4, -0.2) is 60.0 Å². The summed E-state index contributed by atoms with van der Waals surface area (Å²) >= 11 is 6.98. The number of rotatable bonds is 9. The molecule has 8 rings (SSSR count). The maximum atomic E-state index is 14.4. The first-order chi connectivity index (χ1) is 27.4. The highest BCUT2D eigenvalue weighted by Crippen LogP contribution is 2.41. The number of benzene rings is 3. The Kier molecular flexibility index (Phi) is 10.8. The fourth-order valence-electron chi connectivity index (χ4n) is 9.01. The zero-order chi connectivity index (χ0) is 40.0.